The zero-order valence-corrected chi connectivity index (χ0v) is 10.5. The van der Waals surface area contributed by atoms with Gasteiger partial charge in [0.2, 0.25) is 0 Å². The van der Waals surface area contributed by atoms with Crippen LogP contribution in [0.3, 0.4) is 0 Å². The molecule has 1 nitrogen and oxygen atoms in total. The monoisotopic (exact) mass is 236 g/mol. The highest BCUT2D eigenvalue weighted by Gasteiger charge is 2.41. The summed E-state index contributed by atoms with van der Waals surface area (Å²) < 4.78 is 0. The molecule has 0 fully saturated rings. The first-order chi connectivity index (χ1) is 8.72. The number of benzene rings is 1. The summed E-state index contributed by atoms with van der Waals surface area (Å²) in [5.41, 5.74) is 3.19. The molecule has 3 rings (SSSR count). The van der Waals surface area contributed by atoms with E-state index in [1.165, 1.54) is 16.7 Å². The Labute approximate surface area is 108 Å². The molecule has 18 heavy (non-hydrogen) atoms. The summed E-state index contributed by atoms with van der Waals surface area (Å²) in [6, 6.07) is 8.41. The molecule has 2 aliphatic carbocycles. The first kappa shape index (κ1) is 11.2. The van der Waals surface area contributed by atoms with E-state index < -0.39 is 5.41 Å². The molecular formula is C17H16O. The van der Waals surface area contributed by atoms with E-state index in [1.54, 1.807) is 6.08 Å². The summed E-state index contributed by atoms with van der Waals surface area (Å²) in [7, 11) is 0. The van der Waals surface area contributed by atoms with E-state index in [-0.39, 0.29) is 5.78 Å². The Hall–Kier alpha value is -1.89. The van der Waals surface area contributed by atoms with E-state index >= 15 is 0 Å². The molecule has 0 amide bonds. The van der Waals surface area contributed by atoms with Gasteiger partial charge in [-0.1, -0.05) is 54.1 Å². The molecule has 0 bridgehead atoms. The van der Waals surface area contributed by atoms with E-state index in [2.05, 4.69) is 43.3 Å². The van der Waals surface area contributed by atoms with Gasteiger partial charge in [0.05, 0.1) is 5.41 Å². The van der Waals surface area contributed by atoms with Crippen molar-refractivity contribution >= 4 is 11.4 Å². The second-order valence-corrected chi connectivity index (χ2v) is 5.08. The summed E-state index contributed by atoms with van der Waals surface area (Å²) in [5, 5.41) is 0. The molecule has 1 atom stereocenters. The van der Waals surface area contributed by atoms with E-state index in [9.17, 15) is 4.79 Å². The first-order valence-corrected chi connectivity index (χ1v) is 6.40. The molecule has 0 aromatic heterocycles. The van der Waals surface area contributed by atoms with E-state index in [4.69, 9.17) is 0 Å². The Morgan fingerprint density at radius 2 is 2.11 bits per heavy atom. The third-order valence-electron chi connectivity index (χ3n) is 3.88. The maximum absolute atomic E-state index is 12.3. The number of carbonyl (C=O) groups excluding carboxylic acids is 1. The van der Waals surface area contributed by atoms with Gasteiger partial charge in [-0.3, -0.25) is 4.79 Å². The van der Waals surface area contributed by atoms with Crippen LogP contribution in [-0.4, -0.2) is 5.78 Å². The van der Waals surface area contributed by atoms with Crippen molar-refractivity contribution < 1.29 is 4.79 Å². The van der Waals surface area contributed by atoms with Crippen LogP contribution in [0.4, 0.5) is 0 Å². The van der Waals surface area contributed by atoms with Gasteiger partial charge in [-0.2, -0.15) is 0 Å². The van der Waals surface area contributed by atoms with Crippen molar-refractivity contribution in [3.8, 4) is 0 Å². The average molecular weight is 236 g/mol. The lowest BCUT2D eigenvalue weighted by molar-refractivity contribution is -0.119. The molecule has 90 valence electrons. The fourth-order valence-corrected chi connectivity index (χ4v) is 2.97. The Morgan fingerprint density at radius 1 is 1.22 bits per heavy atom. The summed E-state index contributed by atoms with van der Waals surface area (Å²) >= 11 is 0. The molecular weight excluding hydrogens is 220 g/mol. The minimum atomic E-state index is -0.400. The summed E-state index contributed by atoms with van der Waals surface area (Å²) in [5.74, 6) is 0.218. The molecule has 0 saturated heterocycles. The van der Waals surface area contributed by atoms with Crippen LogP contribution in [0.25, 0.3) is 5.57 Å². The standard InChI is InChI=1S/C17H16O/c1-13-6-4-7-14(12-13)15-8-5-11-17(15)10-3-2-9-16(17)18/h2-4,6-10,12H,5,11H2,1H3. The molecule has 1 aromatic carbocycles. The molecule has 1 spiro atoms. The lowest BCUT2D eigenvalue weighted by Crippen LogP contribution is -2.28. The Balaban J connectivity index is 2.09. The SMILES string of the molecule is Cc1cccc(C2=CCCC23C=CC=CC3=O)c1. The molecule has 0 heterocycles. The Kier molecular flexibility index (Phi) is 2.55. The van der Waals surface area contributed by atoms with Crippen molar-refractivity contribution in [2.45, 2.75) is 19.8 Å². The topological polar surface area (TPSA) is 17.1 Å². The zero-order chi connectivity index (χ0) is 12.6. The van der Waals surface area contributed by atoms with Gasteiger partial charge in [0.1, 0.15) is 0 Å². The van der Waals surface area contributed by atoms with Gasteiger partial charge in [-0.05, 0) is 37.0 Å². The normalized spacial score (nSPS) is 25.8. The van der Waals surface area contributed by atoms with Crippen molar-refractivity contribution in [2.75, 3.05) is 0 Å². The van der Waals surface area contributed by atoms with Crippen LogP contribution in [0, 0.1) is 12.3 Å². The minimum Gasteiger partial charge on any atom is -0.293 e. The van der Waals surface area contributed by atoms with Crippen LogP contribution >= 0.6 is 0 Å². The number of hydrogen-bond donors (Lipinski definition) is 0. The number of allylic oxidation sites excluding steroid dienone is 6. The minimum absolute atomic E-state index is 0.218. The van der Waals surface area contributed by atoms with Crippen molar-refractivity contribution in [2.24, 2.45) is 5.41 Å². The maximum Gasteiger partial charge on any atom is 0.170 e. The van der Waals surface area contributed by atoms with Gasteiger partial charge in [0.15, 0.2) is 5.78 Å². The van der Waals surface area contributed by atoms with Crippen molar-refractivity contribution in [3.63, 3.8) is 0 Å². The van der Waals surface area contributed by atoms with Crippen LogP contribution in [-0.2, 0) is 4.79 Å². The number of hydrogen-bond acceptors (Lipinski definition) is 1. The number of rotatable bonds is 1. The number of aryl methyl sites for hydroxylation is 1. The van der Waals surface area contributed by atoms with Crippen molar-refractivity contribution in [1.82, 2.24) is 0 Å². The van der Waals surface area contributed by atoms with E-state index in [1.807, 2.05) is 12.2 Å². The highest BCUT2D eigenvalue weighted by atomic mass is 16.1. The summed E-state index contributed by atoms with van der Waals surface area (Å²) in [6.07, 6.45) is 11.7. The highest BCUT2D eigenvalue weighted by Crippen LogP contribution is 2.48. The van der Waals surface area contributed by atoms with Crippen molar-refractivity contribution in [1.29, 1.82) is 0 Å². The van der Waals surface area contributed by atoms with Gasteiger partial charge in [-0.15, -0.1) is 0 Å². The van der Waals surface area contributed by atoms with Gasteiger partial charge < -0.3 is 0 Å². The van der Waals surface area contributed by atoms with Crippen LogP contribution < -0.4 is 0 Å². The third kappa shape index (κ3) is 1.59. The van der Waals surface area contributed by atoms with Gasteiger partial charge in [0.25, 0.3) is 0 Å². The first-order valence-electron chi connectivity index (χ1n) is 6.40. The predicted octanol–water partition coefficient (Wildman–Crippen LogP) is 3.85. The summed E-state index contributed by atoms with van der Waals surface area (Å²) in [6.45, 7) is 2.09. The largest absolute Gasteiger partial charge is 0.293 e. The predicted molar refractivity (Wildman–Crippen MR) is 74.1 cm³/mol. The second-order valence-electron chi connectivity index (χ2n) is 5.08. The van der Waals surface area contributed by atoms with E-state index in [0.29, 0.717) is 0 Å². The van der Waals surface area contributed by atoms with Crippen molar-refractivity contribution in [3.05, 3.63) is 65.8 Å². The smallest absolute Gasteiger partial charge is 0.170 e. The Morgan fingerprint density at radius 3 is 2.89 bits per heavy atom. The Bertz CT molecular complexity index is 589. The quantitative estimate of drug-likeness (QED) is 0.723. The fraction of sp³-hybridized carbons (Fsp3) is 0.235. The molecule has 1 heteroatoms. The second kappa shape index (κ2) is 4.09. The third-order valence-corrected chi connectivity index (χ3v) is 3.88. The van der Waals surface area contributed by atoms with Crippen LogP contribution in [0.1, 0.15) is 24.0 Å². The van der Waals surface area contributed by atoms with E-state index in [0.717, 1.165) is 12.8 Å². The zero-order valence-electron chi connectivity index (χ0n) is 10.5. The molecule has 1 unspecified atom stereocenters. The molecule has 0 N–H and O–H groups in total. The van der Waals surface area contributed by atoms with Crippen LogP contribution in [0.15, 0.2) is 54.6 Å². The average Bonchev–Trinajstić information content (AvgIpc) is 2.78. The fourth-order valence-electron chi connectivity index (χ4n) is 2.97. The molecule has 0 aliphatic heterocycles. The summed E-state index contributed by atoms with van der Waals surface area (Å²) in [4.78, 5) is 12.3. The van der Waals surface area contributed by atoms with Crippen LogP contribution in [0.5, 0.6) is 0 Å². The molecule has 2 aliphatic rings. The lowest BCUT2D eigenvalue weighted by atomic mass is 9.72. The molecule has 0 saturated carbocycles. The number of carbonyl (C=O) groups is 1. The van der Waals surface area contributed by atoms with Gasteiger partial charge in [-0.25, -0.2) is 0 Å². The van der Waals surface area contributed by atoms with Crippen LogP contribution in [0.2, 0.25) is 0 Å². The van der Waals surface area contributed by atoms with Gasteiger partial charge >= 0.3 is 0 Å². The van der Waals surface area contributed by atoms with Gasteiger partial charge in [0, 0.05) is 0 Å². The maximum atomic E-state index is 12.3. The lowest BCUT2D eigenvalue weighted by Gasteiger charge is -2.28. The molecule has 0 radical (unpaired) electrons. The molecule has 1 aromatic rings. The number of ketones is 1. The highest BCUT2D eigenvalue weighted by molar-refractivity contribution is 6.07.